The van der Waals surface area contributed by atoms with Gasteiger partial charge in [-0.2, -0.15) is 4.68 Å². The van der Waals surface area contributed by atoms with Gasteiger partial charge >= 0.3 is 5.69 Å². The molecule has 0 unspecified atom stereocenters. The van der Waals surface area contributed by atoms with Gasteiger partial charge in [0.1, 0.15) is 23.9 Å². The van der Waals surface area contributed by atoms with Crippen LogP contribution >= 0.6 is 0 Å². The third-order valence-electron chi connectivity index (χ3n) is 4.94. The maximum atomic E-state index is 12.1. The Balaban J connectivity index is 1.60. The first-order valence-electron chi connectivity index (χ1n) is 9.48. The monoisotopic (exact) mass is 405 g/mol. The van der Waals surface area contributed by atoms with Crippen molar-refractivity contribution in [3.05, 3.63) is 82.8 Å². The van der Waals surface area contributed by atoms with Gasteiger partial charge in [-0.15, -0.1) is 0 Å². The van der Waals surface area contributed by atoms with Crippen LogP contribution in [0.15, 0.2) is 71.5 Å². The van der Waals surface area contributed by atoms with Crippen molar-refractivity contribution in [1.29, 1.82) is 0 Å². The molecule has 0 aliphatic rings. The van der Waals surface area contributed by atoms with Crippen LogP contribution < -0.4 is 19.9 Å². The van der Waals surface area contributed by atoms with E-state index in [1.54, 1.807) is 21.3 Å². The van der Waals surface area contributed by atoms with Crippen LogP contribution in [0.5, 0.6) is 17.2 Å². The van der Waals surface area contributed by atoms with E-state index < -0.39 is 0 Å². The van der Waals surface area contributed by atoms with E-state index in [9.17, 15) is 4.79 Å². The standard InChI is InChI=1S/C23H23N3O4/c1-25-23(27)26(24-25)21-8-5-9-22(29-3)20(21)15-30-19-7-4-6-17(14-19)16-10-12-18(28-2)13-11-16/h4-14,24H,15H2,1-3H3. The molecule has 0 atom stereocenters. The highest BCUT2D eigenvalue weighted by atomic mass is 16.5. The number of ether oxygens (including phenoxy) is 3. The van der Waals surface area contributed by atoms with E-state index in [0.717, 1.165) is 28.2 Å². The van der Waals surface area contributed by atoms with Crippen molar-refractivity contribution >= 4 is 0 Å². The summed E-state index contributed by atoms with van der Waals surface area (Å²) in [5, 5.41) is 2.93. The summed E-state index contributed by atoms with van der Waals surface area (Å²) < 4.78 is 19.7. The number of nitrogens with one attached hydrogen (secondary N) is 1. The van der Waals surface area contributed by atoms with Gasteiger partial charge in [0.15, 0.2) is 0 Å². The minimum atomic E-state index is -0.147. The highest BCUT2D eigenvalue weighted by Gasteiger charge is 2.16. The van der Waals surface area contributed by atoms with Crippen molar-refractivity contribution in [3.63, 3.8) is 0 Å². The van der Waals surface area contributed by atoms with Crippen LogP contribution in [0.4, 0.5) is 0 Å². The summed E-state index contributed by atoms with van der Waals surface area (Å²) >= 11 is 0. The number of aryl methyl sites for hydroxylation is 1. The first-order valence-corrected chi connectivity index (χ1v) is 9.48. The molecule has 0 bridgehead atoms. The summed E-state index contributed by atoms with van der Waals surface area (Å²) in [6, 6.07) is 21.3. The topological polar surface area (TPSA) is 70.4 Å². The van der Waals surface area contributed by atoms with Gasteiger partial charge in [-0.1, -0.05) is 30.3 Å². The molecule has 0 radical (unpaired) electrons. The molecule has 4 rings (SSSR count). The SMILES string of the molecule is COc1ccc(-c2cccc(OCc3c(OC)cccc3-n3[nH]n(C)c3=O)c2)cc1. The number of rotatable bonds is 7. The number of hydrogen-bond donors (Lipinski definition) is 1. The van der Waals surface area contributed by atoms with Crippen LogP contribution in [0.3, 0.4) is 0 Å². The molecule has 0 amide bonds. The molecule has 1 N–H and O–H groups in total. The Morgan fingerprint density at radius 2 is 1.63 bits per heavy atom. The summed E-state index contributed by atoms with van der Waals surface area (Å²) in [5.74, 6) is 2.19. The maximum Gasteiger partial charge on any atom is 0.364 e. The van der Waals surface area contributed by atoms with Gasteiger partial charge in [-0.25, -0.2) is 14.7 Å². The Morgan fingerprint density at radius 1 is 0.867 bits per heavy atom. The van der Waals surface area contributed by atoms with Crippen LogP contribution in [0.25, 0.3) is 16.8 Å². The first kappa shape index (κ1) is 19.4. The zero-order valence-electron chi connectivity index (χ0n) is 17.1. The second kappa shape index (κ2) is 8.24. The fraction of sp³-hybridized carbons (Fsp3) is 0.174. The predicted octanol–water partition coefficient (Wildman–Crippen LogP) is 3.77. The number of aromatic amines is 1. The lowest BCUT2D eigenvalue weighted by Crippen LogP contribution is -2.40. The van der Waals surface area contributed by atoms with Crippen molar-refractivity contribution in [1.82, 2.24) is 14.6 Å². The number of H-pyrrole nitrogens is 1. The molecule has 7 heteroatoms. The van der Waals surface area contributed by atoms with Crippen LogP contribution in [0.1, 0.15) is 5.56 Å². The van der Waals surface area contributed by atoms with Gasteiger partial charge in [0.25, 0.3) is 0 Å². The molecule has 0 spiro atoms. The second-order valence-electron chi connectivity index (χ2n) is 6.78. The highest BCUT2D eigenvalue weighted by Crippen LogP contribution is 2.29. The van der Waals surface area contributed by atoms with Gasteiger partial charge in [0.05, 0.1) is 25.5 Å². The van der Waals surface area contributed by atoms with Gasteiger partial charge in [-0.3, -0.25) is 0 Å². The zero-order chi connectivity index (χ0) is 21.1. The lowest BCUT2D eigenvalue weighted by molar-refractivity contribution is 0.294. The molecule has 3 aromatic carbocycles. The molecule has 0 saturated carbocycles. The summed E-state index contributed by atoms with van der Waals surface area (Å²) in [4.78, 5) is 12.1. The molecule has 1 aromatic heterocycles. The minimum absolute atomic E-state index is 0.147. The Labute approximate surface area is 174 Å². The number of nitrogens with zero attached hydrogens (tertiary/aromatic N) is 2. The summed E-state index contributed by atoms with van der Waals surface area (Å²) in [6.45, 7) is 0.251. The van der Waals surface area contributed by atoms with Crippen LogP contribution in [-0.4, -0.2) is 28.8 Å². The van der Waals surface area contributed by atoms with Crippen molar-refractivity contribution in [2.75, 3.05) is 14.2 Å². The molecule has 30 heavy (non-hydrogen) atoms. The molecular weight excluding hydrogens is 382 g/mol. The molecular formula is C23H23N3O4. The Kier molecular flexibility index (Phi) is 5.34. The molecule has 154 valence electrons. The highest BCUT2D eigenvalue weighted by molar-refractivity contribution is 5.65. The number of methoxy groups -OCH3 is 2. The summed E-state index contributed by atoms with van der Waals surface area (Å²) in [7, 11) is 4.92. The largest absolute Gasteiger partial charge is 0.497 e. The molecule has 1 heterocycles. The van der Waals surface area contributed by atoms with E-state index in [-0.39, 0.29) is 12.3 Å². The average molecular weight is 405 g/mol. The second-order valence-corrected chi connectivity index (χ2v) is 6.78. The lowest BCUT2D eigenvalue weighted by Gasteiger charge is -2.19. The molecule has 0 aliphatic heterocycles. The van der Waals surface area contributed by atoms with Crippen molar-refractivity contribution < 1.29 is 14.2 Å². The van der Waals surface area contributed by atoms with E-state index >= 15 is 0 Å². The molecule has 0 aliphatic carbocycles. The molecule has 7 nitrogen and oxygen atoms in total. The number of hydrogen-bond acceptors (Lipinski definition) is 4. The number of aromatic nitrogens is 3. The minimum Gasteiger partial charge on any atom is -0.497 e. The van der Waals surface area contributed by atoms with Crippen molar-refractivity contribution in [3.8, 4) is 34.1 Å². The fourth-order valence-electron chi connectivity index (χ4n) is 3.30. The van der Waals surface area contributed by atoms with Gasteiger partial charge < -0.3 is 14.2 Å². The van der Waals surface area contributed by atoms with Crippen molar-refractivity contribution in [2.45, 2.75) is 6.61 Å². The van der Waals surface area contributed by atoms with E-state index in [4.69, 9.17) is 14.2 Å². The average Bonchev–Trinajstić information content (AvgIpc) is 2.81. The summed E-state index contributed by atoms with van der Waals surface area (Å²) in [5.41, 5.74) is 3.44. The van der Waals surface area contributed by atoms with Gasteiger partial charge in [0, 0.05) is 7.05 Å². The van der Waals surface area contributed by atoms with Gasteiger partial charge in [0.2, 0.25) is 0 Å². The molecule has 0 saturated heterocycles. The maximum absolute atomic E-state index is 12.1. The Bertz CT molecular complexity index is 1200. The van der Waals surface area contributed by atoms with Crippen LogP contribution in [0, 0.1) is 0 Å². The van der Waals surface area contributed by atoms with E-state index in [2.05, 4.69) is 5.21 Å². The Hall–Kier alpha value is -3.87. The van der Waals surface area contributed by atoms with Gasteiger partial charge in [-0.05, 0) is 47.5 Å². The predicted molar refractivity (Wildman–Crippen MR) is 115 cm³/mol. The normalized spacial score (nSPS) is 10.8. The third kappa shape index (κ3) is 3.69. The quantitative estimate of drug-likeness (QED) is 0.508. The fourth-order valence-corrected chi connectivity index (χ4v) is 3.30. The lowest BCUT2D eigenvalue weighted by atomic mass is 10.1. The smallest absolute Gasteiger partial charge is 0.364 e. The van der Waals surface area contributed by atoms with E-state index in [1.807, 2.05) is 66.7 Å². The zero-order valence-corrected chi connectivity index (χ0v) is 17.1. The third-order valence-corrected chi connectivity index (χ3v) is 4.94. The molecule has 0 fully saturated rings. The first-order chi connectivity index (χ1) is 14.6. The van der Waals surface area contributed by atoms with Crippen molar-refractivity contribution in [2.24, 2.45) is 7.05 Å². The molecule has 4 aromatic rings. The Morgan fingerprint density at radius 3 is 2.30 bits per heavy atom. The van der Waals surface area contributed by atoms with E-state index in [1.165, 1.54) is 9.36 Å². The van der Waals surface area contributed by atoms with Crippen LogP contribution in [-0.2, 0) is 13.7 Å². The summed E-state index contributed by atoms with van der Waals surface area (Å²) in [6.07, 6.45) is 0. The van der Waals surface area contributed by atoms with Crippen LogP contribution in [0.2, 0.25) is 0 Å². The van der Waals surface area contributed by atoms with E-state index in [0.29, 0.717) is 11.4 Å². The number of benzene rings is 3.